The van der Waals surface area contributed by atoms with Crippen LogP contribution in [0.15, 0.2) is 18.2 Å². The van der Waals surface area contributed by atoms with Gasteiger partial charge in [0.25, 0.3) is 5.92 Å². The van der Waals surface area contributed by atoms with Crippen LogP contribution in [0.25, 0.3) is 0 Å². The third-order valence-electron chi connectivity index (χ3n) is 2.30. The first-order valence-corrected chi connectivity index (χ1v) is 4.78. The minimum absolute atomic E-state index is 0.0636. The maximum absolute atomic E-state index is 13.1. The van der Waals surface area contributed by atoms with Crippen molar-refractivity contribution in [2.24, 2.45) is 0 Å². The Balaban J connectivity index is 3.29. The van der Waals surface area contributed by atoms with E-state index in [0.29, 0.717) is 0 Å². The molecule has 80 valence electrons. The fraction of sp³-hybridized carbons (Fsp3) is 0.417. The van der Waals surface area contributed by atoms with Crippen LogP contribution in [-0.2, 0) is 5.92 Å². The third-order valence-corrected chi connectivity index (χ3v) is 2.30. The van der Waals surface area contributed by atoms with E-state index < -0.39 is 5.92 Å². The number of benzene rings is 1. The van der Waals surface area contributed by atoms with Gasteiger partial charge in [-0.25, -0.2) is 8.78 Å². The van der Waals surface area contributed by atoms with Gasteiger partial charge in [0.15, 0.2) is 0 Å². The molecule has 0 unspecified atom stereocenters. The monoisotopic (exact) mass is 209 g/mol. The van der Waals surface area contributed by atoms with Crippen LogP contribution in [0.1, 0.15) is 43.4 Å². The van der Waals surface area contributed by atoms with Crippen molar-refractivity contribution in [3.05, 3.63) is 34.9 Å². The summed E-state index contributed by atoms with van der Waals surface area (Å²) in [6.07, 6.45) is 0. The van der Waals surface area contributed by atoms with Crippen molar-refractivity contribution in [1.29, 1.82) is 5.26 Å². The Morgan fingerprint density at radius 3 is 2.33 bits per heavy atom. The highest BCUT2D eigenvalue weighted by atomic mass is 19.3. The van der Waals surface area contributed by atoms with E-state index in [0.717, 1.165) is 12.5 Å². The van der Waals surface area contributed by atoms with Gasteiger partial charge in [0, 0.05) is 12.5 Å². The first-order valence-electron chi connectivity index (χ1n) is 4.78. The average Bonchev–Trinajstić information content (AvgIpc) is 2.15. The first-order chi connectivity index (χ1) is 6.86. The molecule has 0 aliphatic carbocycles. The summed E-state index contributed by atoms with van der Waals surface area (Å²) in [6.45, 7) is 4.72. The number of hydrogen-bond donors (Lipinski definition) is 0. The molecular weight excluding hydrogens is 196 g/mol. The van der Waals surface area contributed by atoms with Gasteiger partial charge in [0.2, 0.25) is 0 Å². The molecule has 15 heavy (non-hydrogen) atoms. The minimum atomic E-state index is -2.96. The van der Waals surface area contributed by atoms with Gasteiger partial charge < -0.3 is 0 Å². The van der Waals surface area contributed by atoms with Gasteiger partial charge in [-0.3, -0.25) is 0 Å². The molecule has 0 saturated heterocycles. The SMILES string of the molecule is CC(C)c1ccc(C(C)(F)F)c(C#N)c1. The topological polar surface area (TPSA) is 23.8 Å². The zero-order chi connectivity index (χ0) is 11.6. The summed E-state index contributed by atoms with van der Waals surface area (Å²) in [5, 5.41) is 8.80. The number of rotatable bonds is 2. The quantitative estimate of drug-likeness (QED) is 0.726. The molecule has 0 N–H and O–H groups in total. The summed E-state index contributed by atoms with van der Waals surface area (Å²) >= 11 is 0. The lowest BCUT2D eigenvalue weighted by Gasteiger charge is -2.14. The smallest absolute Gasteiger partial charge is 0.202 e. The molecule has 0 heterocycles. The van der Waals surface area contributed by atoms with E-state index in [1.165, 1.54) is 12.1 Å². The van der Waals surface area contributed by atoms with Crippen LogP contribution in [0.5, 0.6) is 0 Å². The molecular formula is C12H13F2N. The largest absolute Gasteiger partial charge is 0.271 e. The normalized spacial score (nSPS) is 11.5. The second-order valence-corrected chi connectivity index (χ2v) is 3.96. The summed E-state index contributed by atoms with van der Waals surface area (Å²) in [5.74, 6) is -2.72. The molecule has 1 aromatic rings. The zero-order valence-electron chi connectivity index (χ0n) is 9.01. The molecule has 0 amide bonds. The van der Waals surface area contributed by atoms with Crippen LogP contribution in [0.2, 0.25) is 0 Å². The Bertz CT molecular complexity index is 397. The highest BCUT2D eigenvalue weighted by molar-refractivity contribution is 5.43. The fourth-order valence-corrected chi connectivity index (χ4v) is 1.40. The van der Waals surface area contributed by atoms with E-state index in [1.54, 1.807) is 6.07 Å². The number of hydrogen-bond acceptors (Lipinski definition) is 1. The molecule has 1 rings (SSSR count). The minimum Gasteiger partial charge on any atom is -0.202 e. The summed E-state index contributed by atoms with van der Waals surface area (Å²) in [4.78, 5) is 0. The Morgan fingerprint density at radius 2 is 1.93 bits per heavy atom. The zero-order valence-corrected chi connectivity index (χ0v) is 9.01. The Hall–Kier alpha value is -1.43. The predicted octanol–water partition coefficient (Wildman–Crippen LogP) is 3.79. The van der Waals surface area contributed by atoms with Crippen LogP contribution >= 0.6 is 0 Å². The van der Waals surface area contributed by atoms with Gasteiger partial charge in [0.05, 0.1) is 11.6 Å². The van der Waals surface area contributed by atoms with Crippen molar-refractivity contribution < 1.29 is 8.78 Å². The summed E-state index contributed by atoms with van der Waals surface area (Å²) in [6, 6.07) is 6.35. The number of nitrogens with zero attached hydrogens (tertiary/aromatic N) is 1. The Labute approximate surface area is 88.3 Å². The maximum atomic E-state index is 13.1. The van der Waals surface area contributed by atoms with Gasteiger partial charge in [0.1, 0.15) is 0 Å². The summed E-state index contributed by atoms with van der Waals surface area (Å²) in [5.41, 5.74) is 0.766. The second-order valence-electron chi connectivity index (χ2n) is 3.96. The lowest BCUT2D eigenvalue weighted by molar-refractivity contribution is 0.0172. The predicted molar refractivity (Wildman–Crippen MR) is 54.8 cm³/mol. The Kier molecular flexibility index (Phi) is 3.09. The molecule has 0 atom stereocenters. The molecule has 0 bridgehead atoms. The fourth-order valence-electron chi connectivity index (χ4n) is 1.40. The van der Waals surface area contributed by atoms with Crippen molar-refractivity contribution in [2.75, 3.05) is 0 Å². The number of halogens is 2. The van der Waals surface area contributed by atoms with E-state index in [1.807, 2.05) is 19.9 Å². The third kappa shape index (κ3) is 2.53. The number of nitriles is 1. The molecule has 1 nitrogen and oxygen atoms in total. The van der Waals surface area contributed by atoms with Gasteiger partial charge in [-0.1, -0.05) is 26.0 Å². The summed E-state index contributed by atoms with van der Waals surface area (Å²) in [7, 11) is 0. The van der Waals surface area contributed by atoms with E-state index in [9.17, 15) is 8.78 Å². The molecule has 0 aliphatic rings. The van der Waals surface area contributed by atoms with Crippen molar-refractivity contribution >= 4 is 0 Å². The van der Waals surface area contributed by atoms with Crippen molar-refractivity contribution in [3.8, 4) is 6.07 Å². The van der Waals surface area contributed by atoms with E-state index in [2.05, 4.69) is 0 Å². The molecule has 0 aromatic heterocycles. The molecule has 0 aliphatic heterocycles. The van der Waals surface area contributed by atoms with Gasteiger partial charge in [-0.2, -0.15) is 5.26 Å². The highest BCUT2D eigenvalue weighted by Gasteiger charge is 2.27. The van der Waals surface area contributed by atoms with Crippen molar-refractivity contribution in [2.45, 2.75) is 32.6 Å². The molecule has 3 heteroatoms. The highest BCUT2D eigenvalue weighted by Crippen LogP contribution is 2.31. The van der Waals surface area contributed by atoms with Crippen LogP contribution < -0.4 is 0 Å². The van der Waals surface area contributed by atoms with Crippen molar-refractivity contribution in [1.82, 2.24) is 0 Å². The lowest BCUT2D eigenvalue weighted by atomic mass is 9.95. The van der Waals surface area contributed by atoms with E-state index >= 15 is 0 Å². The van der Waals surface area contributed by atoms with Gasteiger partial charge >= 0.3 is 0 Å². The first kappa shape index (κ1) is 11.6. The Morgan fingerprint density at radius 1 is 1.33 bits per heavy atom. The van der Waals surface area contributed by atoms with Crippen LogP contribution in [-0.4, -0.2) is 0 Å². The molecule has 0 saturated carbocycles. The van der Waals surface area contributed by atoms with E-state index in [-0.39, 0.29) is 17.0 Å². The maximum Gasteiger partial charge on any atom is 0.271 e. The standard InChI is InChI=1S/C12H13F2N/c1-8(2)9-4-5-11(12(3,13)14)10(6-9)7-15/h4-6,8H,1-3H3. The van der Waals surface area contributed by atoms with Gasteiger partial charge in [-0.15, -0.1) is 0 Å². The molecule has 1 aromatic carbocycles. The van der Waals surface area contributed by atoms with Crippen LogP contribution in [0.4, 0.5) is 8.78 Å². The molecule has 0 fully saturated rings. The molecule has 0 spiro atoms. The average molecular weight is 209 g/mol. The lowest BCUT2D eigenvalue weighted by Crippen LogP contribution is -2.10. The van der Waals surface area contributed by atoms with Crippen molar-refractivity contribution in [3.63, 3.8) is 0 Å². The summed E-state index contributed by atoms with van der Waals surface area (Å²) < 4.78 is 26.2. The molecule has 0 radical (unpaired) electrons. The van der Waals surface area contributed by atoms with Crippen LogP contribution in [0, 0.1) is 11.3 Å². The second kappa shape index (κ2) is 3.98. The number of alkyl halides is 2. The van der Waals surface area contributed by atoms with E-state index in [4.69, 9.17) is 5.26 Å². The van der Waals surface area contributed by atoms with Crippen LogP contribution in [0.3, 0.4) is 0 Å². The van der Waals surface area contributed by atoms with Gasteiger partial charge in [-0.05, 0) is 17.5 Å².